The molecule has 0 spiro atoms. The Labute approximate surface area is 141 Å². The molecule has 0 fully saturated rings. The molecular weight excluding hydrogens is 308 g/mol. The molecule has 0 saturated heterocycles. The van der Waals surface area contributed by atoms with Crippen LogP contribution >= 0.6 is 0 Å². The lowest BCUT2D eigenvalue weighted by Gasteiger charge is -2.15. The Balaban J connectivity index is 1.76. The zero-order valence-electron chi connectivity index (χ0n) is 14.2. The van der Waals surface area contributed by atoms with Gasteiger partial charge in [0, 0.05) is 18.3 Å². The van der Waals surface area contributed by atoms with E-state index in [1.165, 1.54) is 44.5 Å². The lowest BCUT2D eigenvalue weighted by atomic mass is 9.97. The number of allylic oxidation sites excluding steroid dienone is 1. The van der Waals surface area contributed by atoms with Gasteiger partial charge in [-0.15, -0.1) is 0 Å². The molecule has 1 atom stereocenters. The molecule has 6 heteroatoms. The topological polar surface area (TPSA) is 88.3 Å². The van der Waals surface area contributed by atoms with E-state index in [-0.39, 0.29) is 17.4 Å². The first kappa shape index (κ1) is 18.0. The quantitative estimate of drug-likeness (QED) is 0.456. The van der Waals surface area contributed by atoms with Gasteiger partial charge in [-0.25, -0.2) is 4.79 Å². The van der Waals surface area contributed by atoms with Crippen LogP contribution in [0.5, 0.6) is 0 Å². The van der Waals surface area contributed by atoms with Crippen molar-refractivity contribution in [1.82, 2.24) is 10.3 Å². The van der Waals surface area contributed by atoms with E-state index in [1.54, 1.807) is 0 Å². The SMILES string of the molecule is CC(=O)c1c[nH]c(C(=O)O[C@H](C)C(=O)NCCC2=CCCCC2)c1. The molecule has 130 valence electrons. The maximum atomic E-state index is 12.0. The average Bonchev–Trinajstić information content (AvgIpc) is 3.06. The van der Waals surface area contributed by atoms with E-state index in [4.69, 9.17) is 4.74 Å². The molecule has 1 aliphatic carbocycles. The predicted octanol–water partition coefficient (Wildman–Crippen LogP) is 2.77. The molecule has 1 heterocycles. The largest absolute Gasteiger partial charge is 0.448 e. The Morgan fingerprint density at radius 2 is 2.12 bits per heavy atom. The van der Waals surface area contributed by atoms with Gasteiger partial charge < -0.3 is 15.0 Å². The molecule has 2 rings (SSSR count). The van der Waals surface area contributed by atoms with Gasteiger partial charge in [0.15, 0.2) is 11.9 Å². The van der Waals surface area contributed by atoms with Crippen molar-refractivity contribution < 1.29 is 19.1 Å². The minimum Gasteiger partial charge on any atom is -0.448 e. The Bertz CT molecular complexity index is 645. The third-order valence-corrected chi connectivity index (χ3v) is 4.09. The smallest absolute Gasteiger partial charge is 0.355 e. The molecule has 24 heavy (non-hydrogen) atoms. The lowest BCUT2D eigenvalue weighted by Crippen LogP contribution is -2.36. The lowest BCUT2D eigenvalue weighted by molar-refractivity contribution is -0.129. The van der Waals surface area contributed by atoms with Gasteiger partial charge in [0.2, 0.25) is 0 Å². The monoisotopic (exact) mass is 332 g/mol. The summed E-state index contributed by atoms with van der Waals surface area (Å²) in [7, 11) is 0. The van der Waals surface area contributed by atoms with Crippen LogP contribution < -0.4 is 5.32 Å². The van der Waals surface area contributed by atoms with Gasteiger partial charge in [-0.1, -0.05) is 11.6 Å². The van der Waals surface area contributed by atoms with Gasteiger partial charge in [-0.3, -0.25) is 9.59 Å². The van der Waals surface area contributed by atoms with Crippen LogP contribution in [0.25, 0.3) is 0 Å². The second kappa shape index (κ2) is 8.47. The van der Waals surface area contributed by atoms with Crippen LogP contribution in [0.3, 0.4) is 0 Å². The number of esters is 1. The molecule has 2 N–H and O–H groups in total. The van der Waals surface area contributed by atoms with Gasteiger partial charge >= 0.3 is 5.97 Å². The van der Waals surface area contributed by atoms with Gasteiger partial charge in [-0.05, 0) is 52.0 Å². The number of ether oxygens (including phenoxy) is 1. The van der Waals surface area contributed by atoms with Crippen LogP contribution in [-0.4, -0.2) is 35.3 Å². The van der Waals surface area contributed by atoms with E-state index in [0.29, 0.717) is 12.1 Å². The van der Waals surface area contributed by atoms with Gasteiger partial charge in [0.25, 0.3) is 5.91 Å². The number of hydrogen-bond acceptors (Lipinski definition) is 4. The highest BCUT2D eigenvalue weighted by molar-refractivity contribution is 5.98. The van der Waals surface area contributed by atoms with Crippen molar-refractivity contribution in [3.05, 3.63) is 35.2 Å². The standard InChI is InChI=1S/C18H24N2O4/c1-12(21)15-10-16(20-11-15)18(23)24-13(2)17(22)19-9-8-14-6-4-3-5-7-14/h6,10-11,13,20H,3-5,7-9H2,1-2H3,(H,19,22)/t13-/m1/s1. The molecule has 1 aromatic rings. The number of Topliss-reactive ketones (excluding diaryl/α,β-unsaturated/α-hetero) is 1. The molecule has 0 radical (unpaired) electrons. The maximum Gasteiger partial charge on any atom is 0.355 e. The van der Waals surface area contributed by atoms with Crippen LogP contribution in [0.4, 0.5) is 0 Å². The molecule has 0 bridgehead atoms. The van der Waals surface area contributed by atoms with Crippen LogP contribution in [0.1, 0.15) is 66.8 Å². The normalized spacial score (nSPS) is 15.3. The highest BCUT2D eigenvalue weighted by Gasteiger charge is 2.20. The second-order valence-corrected chi connectivity index (χ2v) is 6.05. The van der Waals surface area contributed by atoms with E-state index >= 15 is 0 Å². The Hall–Kier alpha value is -2.37. The fourth-order valence-corrected chi connectivity index (χ4v) is 2.61. The number of rotatable bonds is 7. The number of aromatic amines is 1. The minimum atomic E-state index is -0.887. The number of nitrogens with one attached hydrogen (secondary N) is 2. The van der Waals surface area contributed by atoms with Gasteiger partial charge in [-0.2, -0.15) is 0 Å². The summed E-state index contributed by atoms with van der Waals surface area (Å²) in [6.45, 7) is 3.49. The highest BCUT2D eigenvalue weighted by atomic mass is 16.5. The van der Waals surface area contributed by atoms with E-state index in [2.05, 4.69) is 16.4 Å². The second-order valence-electron chi connectivity index (χ2n) is 6.05. The van der Waals surface area contributed by atoms with Crippen molar-refractivity contribution in [2.45, 2.75) is 52.1 Å². The first-order chi connectivity index (χ1) is 11.5. The molecule has 1 amide bonds. The first-order valence-electron chi connectivity index (χ1n) is 8.33. The minimum absolute atomic E-state index is 0.145. The predicted molar refractivity (Wildman–Crippen MR) is 89.9 cm³/mol. The molecule has 1 aliphatic rings. The Morgan fingerprint density at radius 1 is 1.33 bits per heavy atom. The van der Waals surface area contributed by atoms with Crippen molar-refractivity contribution in [2.75, 3.05) is 6.54 Å². The number of ketones is 1. The van der Waals surface area contributed by atoms with Crippen molar-refractivity contribution in [1.29, 1.82) is 0 Å². The van der Waals surface area contributed by atoms with Gasteiger partial charge in [0.1, 0.15) is 5.69 Å². The zero-order chi connectivity index (χ0) is 17.5. The number of carbonyl (C=O) groups is 3. The fraction of sp³-hybridized carbons (Fsp3) is 0.500. The summed E-state index contributed by atoms with van der Waals surface area (Å²) < 4.78 is 5.13. The number of H-pyrrole nitrogens is 1. The molecule has 0 saturated carbocycles. The fourth-order valence-electron chi connectivity index (χ4n) is 2.61. The molecular formula is C18H24N2O4. The van der Waals surface area contributed by atoms with E-state index < -0.39 is 12.1 Å². The molecule has 0 aromatic carbocycles. The number of aromatic nitrogens is 1. The van der Waals surface area contributed by atoms with Crippen molar-refractivity contribution in [3.8, 4) is 0 Å². The Morgan fingerprint density at radius 3 is 2.75 bits per heavy atom. The summed E-state index contributed by atoms with van der Waals surface area (Å²) in [5.74, 6) is -1.12. The summed E-state index contributed by atoms with van der Waals surface area (Å²) in [4.78, 5) is 37.9. The van der Waals surface area contributed by atoms with Crippen molar-refractivity contribution in [3.63, 3.8) is 0 Å². The third-order valence-electron chi connectivity index (χ3n) is 4.09. The van der Waals surface area contributed by atoms with Crippen molar-refractivity contribution >= 4 is 17.7 Å². The van der Waals surface area contributed by atoms with Crippen LogP contribution in [0.2, 0.25) is 0 Å². The molecule has 1 aromatic heterocycles. The van der Waals surface area contributed by atoms with Crippen LogP contribution in [0.15, 0.2) is 23.9 Å². The summed E-state index contributed by atoms with van der Waals surface area (Å²) in [6, 6.07) is 1.42. The summed E-state index contributed by atoms with van der Waals surface area (Å²) in [5.41, 5.74) is 1.95. The van der Waals surface area contributed by atoms with E-state index in [0.717, 1.165) is 19.3 Å². The number of carbonyl (C=O) groups excluding carboxylic acids is 3. The average molecular weight is 332 g/mol. The highest BCUT2D eigenvalue weighted by Crippen LogP contribution is 2.19. The van der Waals surface area contributed by atoms with Crippen LogP contribution in [-0.2, 0) is 9.53 Å². The number of amides is 1. The summed E-state index contributed by atoms with van der Waals surface area (Å²) in [5, 5.41) is 2.79. The Kier molecular flexibility index (Phi) is 6.35. The van der Waals surface area contributed by atoms with E-state index in [1.807, 2.05) is 0 Å². The maximum absolute atomic E-state index is 12.0. The van der Waals surface area contributed by atoms with E-state index in [9.17, 15) is 14.4 Å². The number of hydrogen-bond donors (Lipinski definition) is 2. The van der Waals surface area contributed by atoms with Crippen molar-refractivity contribution in [2.24, 2.45) is 0 Å². The summed E-state index contributed by atoms with van der Waals surface area (Å²) in [6.07, 6.45) is 8.33. The molecule has 0 aliphatic heterocycles. The molecule has 0 unspecified atom stereocenters. The van der Waals surface area contributed by atoms with Crippen LogP contribution in [0, 0.1) is 0 Å². The summed E-state index contributed by atoms with van der Waals surface area (Å²) >= 11 is 0. The molecule has 6 nitrogen and oxygen atoms in total. The third kappa shape index (κ3) is 5.08. The van der Waals surface area contributed by atoms with Gasteiger partial charge in [0.05, 0.1) is 0 Å². The zero-order valence-corrected chi connectivity index (χ0v) is 14.2. The first-order valence-corrected chi connectivity index (χ1v) is 8.33.